The van der Waals surface area contributed by atoms with Gasteiger partial charge in [0.25, 0.3) is 0 Å². The van der Waals surface area contributed by atoms with Gasteiger partial charge in [0.15, 0.2) is 6.29 Å². The molecule has 19 heavy (non-hydrogen) atoms. The summed E-state index contributed by atoms with van der Waals surface area (Å²) in [5.41, 5.74) is -0.653. The van der Waals surface area contributed by atoms with Crippen LogP contribution in [0.1, 0.15) is 40.0 Å². The van der Waals surface area contributed by atoms with E-state index in [1.807, 2.05) is 0 Å². The molecule has 0 unspecified atom stereocenters. The number of aliphatic hydroxyl groups is 1. The molecule has 110 valence electrons. The fourth-order valence-electron chi connectivity index (χ4n) is 2.97. The molecule has 1 aliphatic heterocycles. The van der Waals surface area contributed by atoms with Crippen LogP contribution in [0.15, 0.2) is 0 Å². The van der Waals surface area contributed by atoms with Crippen molar-refractivity contribution in [1.82, 2.24) is 0 Å². The molecule has 1 N–H and O–H groups in total. The molecule has 5 heteroatoms. The van der Waals surface area contributed by atoms with Crippen LogP contribution in [0.3, 0.4) is 0 Å². The van der Waals surface area contributed by atoms with Crippen LogP contribution in [0.2, 0.25) is 0 Å². The van der Waals surface area contributed by atoms with Crippen LogP contribution in [0.5, 0.6) is 0 Å². The van der Waals surface area contributed by atoms with Crippen LogP contribution < -0.4 is 0 Å². The van der Waals surface area contributed by atoms with Gasteiger partial charge in [-0.3, -0.25) is 0 Å². The van der Waals surface area contributed by atoms with Gasteiger partial charge in [-0.05, 0) is 30.6 Å². The van der Waals surface area contributed by atoms with Crippen molar-refractivity contribution in [2.24, 2.45) is 17.8 Å². The Morgan fingerprint density at radius 2 is 2.16 bits per heavy atom. The standard InChI is InChI=1S/C14H24O4S/c1-8(2)10-5-4-9(3)6-11(10)17-13(16)14-18-12(15)7-19-14/h8-12,14-15H,4-7H2,1-3H3/t9-,10+,11-,12+,14-/m1/s1. The Morgan fingerprint density at radius 1 is 1.42 bits per heavy atom. The van der Waals surface area contributed by atoms with Gasteiger partial charge >= 0.3 is 5.97 Å². The Morgan fingerprint density at radius 3 is 2.74 bits per heavy atom. The second-order valence-electron chi connectivity index (χ2n) is 6.06. The molecule has 0 aromatic carbocycles. The summed E-state index contributed by atoms with van der Waals surface area (Å²) in [6.07, 6.45) is 2.43. The number of hydrogen-bond acceptors (Lipinski definition) is 5. The van der Waals surface area contributed by atoms with Crippen LogP contribution in [0.25, 0.3) is 0 Å². The number of carbonyl (C=O) groups excluding carboxylic acids is 1. The second kappa shape index (κ2) is 6.46. The topological polar surface area (TPSA) is 55.8 Å². The fraction of sp³-hybridized carbons (Fsp3) is 0.929. The summed E-state index contributed by atoms with van der Waals surface area (Å²) in [5, 5.41) is 9.29. The predicted molar refractivity (Wildman–Crippen MR) is 74.6 cm³/mol. The number of rotatable bonds is 3. The molecule has 0 spiro atoms. The summed E-state index contributed by atoms with van der Waals surface area (Å²) >= 11 is 1.31. The summed E-state index contributed by atoms with van der Waals surface area (Å²) in [7, 11) is 0. The molecule has 1 aliphatic carbocycles. The molecule has 1 heterocycles. The van der Waals surface area contributed by atoms with Crippen molar-refractivity contribution in [1.29, 1.82) is 0 Å². The fourth-order valence-corrected chi connectivity index (χ4v) is 3.79. The minimum atomic E-state index is -0.839. The van der Waals surface area contributed by atoms with Gasteiger partial charge in [-0.25, -0.2) is 4.79 Å². The number of hydrogen-bond donors (Lipinski definition) is 1. The average molecular weight is 288 g/mol. The first-order valence-electron chi connectivity index (χ1n) is 7.13. The number of esters is 1. The lowest BCUT2D eigenvalue weighted by atomic mass is 9.75. The zero-order chi connectivity index (χ0) is 14.0. The molecule has 0 bridgehead atoms. The zero-order valence-corrected chi connectivity index (χ0v) is 12.7. The maximum absolute atomic E-state index is 12.1. The lowest BCUT2D eigenvalue weighted by Gasteiger charge is -2.37. The summed E-state index contributed by atoms with van der Waals surface area (Å²) in [6.45, 7) is 6.58. The van der Waals surface area contributed by atoms with Crippen LogP contribution in [-0.2, 0) is 14.3 Å². The first-order chi connectivity index (χ1) is 8.97. The first kappa shape index (κ1) is 15.1. The maximum atomic E-state index is 12.1. The normalized spacial score (nSPS) is 39.5. The first-order valence-corrected chi connectivity index (χ1v) is 8.18. The Kier molecular flexibility index (Phi) is 5.15. The van der Waals surface area contributed by atoms with Gasteiger partial charge in [0.05, 0.1) is 0 Å². The third-order valence-corrected chi connectivity index (χ3v) is 5.18. The SMILES string of the molecule is CC(C)[C@@H]1CC[C@@H](C)C[C@H]1OC(=O)[C@@H]1O[C@H](O)CS1. The van der Waals surface area contributed by atoms with E-state index in [-0.39, 0.29) is 12.1 Å². The van der Waals surface area contributed by atoms with E-state index in [1.54, 1.807) is 0 Å². The van der Waals surface area contributed by atoms with Crippen molar-refractivity contribution >= 4 is 17.7 Å². The zero-order valence-electron chi connectivity index (χ0n) is 11.9. The monoisotopic (exact) mass is 288 g/mol. The van der Waals surface area contributed by atoms with Gasteiger partial charge in [0, 0.05) is 5.75 Å². The highest BCUT2D eigenvalue weighted by molar-refractivity contribution is 8.00. The van der Waals surface area contributed by atoms with Gasteiger partial charge in [-0.2, -0.15) is 0 Å². The van der Waals surface area contributed by atoms with E-state index in [9.17, 15) is 9.90 Å². The summed E-state index contributed by atoms with van der Waals surface area (Å²) < 4.78 is 10.8. The van der Waals surface area contributed by atoms with Crippen molar-refractivity contribution in [3.05, 3.63) is 0 Å². The highest BCUT2D eigenvalue weighted by Crippen LogP contribution is 2.36. The lowest BCUT2D eigenvalue weighted by molar-refractivity contribution is -0.172. The summed E-state index contributed by atoms with van der Waals surface area (Å²) in [5.74, 6) is 1.68. The molecular formula is C14H24O4S. The van der Waals surface area contributed by atoms with Crippen molar-refractivity contribution < 1.29 is 19.4 Å². The minimum Gasteiger partial charge on any atom is -0.459 e. The van der Waals surface area contributed by atoms with Crippen LogP contribution in [0, 0.1) is 17.8 Å². The Hall–Kier alpha value is -0.260. The maximum Gasteiger partial charge on any atom is 0.346 e. The third kappa shape index (κ3) is 3.86. The molecule has 0 amide bonds. The van der Waals surface area contributed by atoms with E-state index in [2.05, 4.69) is 20.8 Å². The van der Waals surface area contributed by atoms with Crippen molar-refractivity contribution in [2.75, 3.05) is 5.75 Å². The molecule has 2 rings (SSSR count). The molecule has 5 atom stereocenters. The molecule has 0 aromatic heterocycles. The predicted octanol–water partition coefficient (Wildman–Crippen LogP) is 2.40. The Bertz CT molecular complexity index is 321. The molecule has 4 nitrogen and oxygen atoms in total. The van der Waals surface area contributed by atoms with E-state index in [4.69, 9.17) is 9.47 Å². The van der Waals surface area contributed by atoms with E-state index < -0.39 is 11.7 Å². The molecule has 1 saturated heterocycles. The highest BCUT2D eigenvalue weighted by atomic mass is 32.2. The number of thioether (sulfide) groups is 1. The van der Waals surface area contributed by atoms with Crippen molar-refractivity contribution in [3.63, 3.8) is 0 Å². The largest absolute Gasteiger partial charge is 0.459 e. The third-order valence-electron chi connectivity index (χ3n) is 4.09. The number of ether oxygens (including phenoxy) is 2. The van der Waals surface area contributed by atoms with Crippen LogP contribution in [0.4, 0.5) is 0 Å². The molecule has 1 saturated carbocycles. The smallest absolute Gasteiger partial charge is 0.346 e. The summed E-state index contributed by atoms with van der Waals surface area (Å²) in [4.78, 5) is 12.1. The Balaban J connectivity index is 1.92. The van der Waals surface area contributed by atoms with Gasteiger partial charge in [-0.1, -0.05) is 27.2 Å². The highest BCUT2D eigenvalue weighted by Gasteiger charge is 2.37. The number of carbonyl (C=O) groups is 1. The van der Waals surface area contributed by atoms with E-state index in [0.29, 0.717) is 23.5 Å². The van der Waals surface area contributed by atoms with Gasteiger partial charge in [-0.15, -0.1) is 11.8 Å². The van der Waals surface area contributed by atoms with E-state index >= 15 is 0 Å². The lowest BCUT2D eigenvalue weighted by Crippen LogP contribution is -2.38. The minimum absolute atomic E-state index is 0.00167. The van der Waals surface area contributed by atoms with Gasteiger partial charge in [0.1, 0.15) is 6.10 Å². The van der Waals surface area contributed by atoms with E-state index in [1.165, 1.54) is 18.2 Å². The quantitative estimate of drug-likeness (QED) is 0.808. The van der Waals surface area contributed by atoms with Crippen molar-refractivity contribution in [3.8, 4) is 0 Å². The average Bonchev–Trinajstić information content (AvgIpc) is 2.75. The molecular weight excluding hydrogens is 264 g/mol. The Labute approximate surface area is 119 Å². The van der Waals surface area contributed by atoms with Gasteiger partial charge in [0.2, 0.25) is 5.44 Å². The van der Waals surface area contributed by atoms with E-state index in [0.717, 1.165) is 12.8 Å². The molecule has 2 fully saturated rings. The summed E-state index contributed by atoms with van der Waals surface area (Å²) in [6, 6.07) is 0. The second-order valence-corrected chi connectivity index (χ2v) is 7.15. The number of aliphatic hydroxyl groups excluding tert-OH is 1. The van der Waals surface area contributed by atoms with Crippen LogP contribution in [-0.4, -0.2) is 34.7 Å². The van der Waals surface area contributed by atoms with Crippen LogP contribution >= 0.6 is 11.8 Å². The van der Waals surface area contributed by atoms with Gasteiger partial charge < -0.3 is 14.6 Å². The molecule has 2 aliphatic rings. The molecule has 0 radical (unpaired) electrons. The molecule has 0 aromatic rings. The van der Waals surface area contributed by atoms with Crippen molar-refractivity contribution in [2.45, 2.75) is 57.9 Å².